The van der Waals surface area contributed by atoms with Gasteiger partial charge in [0.2, 0.25) is 0 Å². The molecule has 1 N–H and O–H groups in total. The molecule has 0 saturated carbocycles. The first-order valence-electron chi connectivity index (χ1n) is 9.63. The predicted octanol–water partition coefficient (Wildman–Crippen LogP) is 5.45. The molecule has 0 fully saturated rings. The second-order valence-corrected chi connectivity index (χ2v) is 9.10. The monoisotopic (exact) mass is 432 g/mol. The number of aromatic nitrogens is 4. The van der Waals surface area contributed by atoms with E-state index in [0.29, 0.717) is 11.4 Å². The number of aromatic amines is 1. The molecule has 5 aromatic rings. The lowest BCUT2D eigenvalue weighted by molar-refractivity contribution is 0.890. The van der Waals surface area contributed by atoms with Crippen LogP contribution in [0.15, 0.2) is 75.7 Å². The first kappa shape index (κ1) is 19.0. The highest BCUT2D eigenvalue weighted by Crippen LogP contribution is 2.33. The maximum atomic E-state index is 12.7. The Morgan fingerprint density at radius 1 is 1.03 bits per heavy atom. The minimum atomic E-state index is -0.0960. The standard InChI is InChI=1S/C23H20N4OS2/c1-15-8-9-16(2)26(15)20-10-11-29-23(20)19-13-21-24-17(12-22(28)27(21)25-19)14-30-18-6-4-3-5-7-18/h3-13,25H,14H2,1-2H3. The summed E-state index contributed by atoms with van der Waals surface area (Å²) in [6.45, 7) is 4.20. The van der Waals surface area contributed by atoms with E-state index in [-0.39, 0.29) is 5.56 Å². The molecule has 5 nitrogen and oxygen atoms in total. The van der Waals surface area contributed by atoms with Gasteiger partial charge in [-0.15, -0.1) is 23.1 Å². The van der Waals surface area contributed by atoms with E-state index in [0.717, 1.165) is 26.8 Å². The largest absolute Gasteiger partial charge is 0.317 e. The first-order valence-corrected chi connectivity index (χ1v) is 11.5. The number of H-pyrrole nitrogens is 1. The van der Waals surface area contributed by atoms with Gasteiger partial charge in [-0.05, 0) is 49.6 Å². The summed E-state index contributed by atoms with van der Waals surface area (Å²) in [5.74, 6) is 0.655. The van der Waals surface area contributed by atoms with Crippen molar-refractivity contribution in [2.45, 2.75) is 24.5 Å². The maximum Gasteiger partial charge on any atom is 0.272 e. The van der Waals surface area contributed by atoms with Crippen molar-refractivity contribution in [3.05, 3.63) is 93.5 Å². The average molecular weight is 433 g/mol. The first-order chi connectivity index (χ1) is 14.6. The van der Waals surface area contributed by atoms with Crippen LogP contribution in [0.25, 0.3) is 21.9 Å². The van der Waals surface area contributed by atoms with Crippen molar-refractivity contribution in [2.75, 3.05) is 0 Å². The lowest BCUT2D eigenvalue weighted by atomic mass is 10.3. The Balaban J connectivity index is 1.51. The lowest BCUT2D eigenvalue weighted by Crippen LogP contribution is -2.15. The summed E-state index contributed by atoms with van der Waals surface area (Å²) in [4.78, 5) is 19.7. The highest BCUT2D eigenvalue weighted by atomic mass is 32.2. The molecule has 0 unspecified atom stereocenters. The lowest BCUT2D eigenvalue weighted by Gasteiger charge is -2.09. The van der Waals surface area contributed by atoms with Crippen molar-refractivity contribution in [1.82, 2.24) is 19.2 Å². The Bertz CT molecular complexity index is 1370. The topological polar surface area (TPSA) is 55.1 Å². The highest BCUT2D eigenvalue weighted by molar-refractivity contribution is 7.98. The van der Waals surface area contributed by atoms with Gasteiger partial charge >= 0.3 is 0 Å². The molecular formula is C23H20N4OS2. The molecule has 0 aliphatic carbocycles. The molecule has 0 saturated heterocycles. The minimum Gasteiger partial charge on any atom is -0.317 e. The summed E-state index contributed by atoms with van der Waals surface area (Å²) in [7, 11) is 0. The van der Waals surface area contributed by atoms with Gasteiger partial charge in [0, 0.05) is 34.2 Å². The summed E-state index contributed by atoms with van der Waals surface area (Å²) in [6.07, 6.45) is 0. The summed E-state index contributed by atoms with van der Waals surface area (Å²) >= 11 is 3.33. The van der Waals surface area contributed by atoms with Gasteiger partial charge in [-0.25, -0.2) is 9.50 Å². The number of fused-ring (bicyclic) bond motifs is 1. The molecule has 0 aliphatic heterocycles. The van der Waals surface area contributed by atoms with Crippen LogP contribution in [0.4, 0.5) is 0 Å². The number of nitrogens with one attached hydrogen (secondary N) is 1. The number of hydrogen-bond acceptors (Lipinski definition) is 4. The molecule has 30 heavy (non-hydrogen) atoms. The Labute approximate surface area is 182 Å². The normalized spacial score (nSPS) is 11.4. The van der Waals surface area contributed by atoms with Crippen molar-refractivity contribution in [2.24, 2.45) is 0 Å². The molecule has 0 aliphatic rings. The predicted molar refractivity (Wildman–Crippen MR) is 124 cm³/mol. The van der Waals surface area contributed by atoms with Crippen molar-refractivity contribution in [1.29, 1.82) is 0 Å². The van der Waals surface area contributed by atoms with Gasteiger partial charge in [0.25, 0.3) is 5.56 Å². The van der Waals surface area contributed by atoms with Crippen LogP contribution < -0.4 is 5.56 Å². The van der Waals surface area contributed by atoms with E-state index >= 15 is 0 Å². The van der Waals surface area contributed by atoms with Crippen molar-refractivity contribution in [3.8, 4) is 16.3 Å². The van der Waals surface area contributed by atoms with Crippen LogP contribution in [0, 0.1) is 13.8 Å². The van der Waals surface area contributed by atoms with Crippen molar-refractivity contribution < 1.29 is 0 Å². The van der Waals surface area contributed by atoms with E-state index in [1.165, 1.54) is 15.9 Å². The highest BCUT2D eigenvalue weighted by Gasteiger charge is 2.15. The van der Waals surface area contributed by atoms with E-state index < -0.39 is 0 Å². The zero-order valence-electron chi connectivity index (χ0n) is 16.6. The third-order valence-electron chi connectivity index (χ3n) is 5.03. The summed E-state index contributed by atoms with van der Waals surface area (Å²) in [5, 5.41) is 5.32. The Kier molecular flexibility index (Phi) is 4.84. The molecule has 0 bridgehead atoms. The fourth-order valence-electron chi connectivity index (χ4n) is 3.63. The van der Waals surface area contributed by atoms with Gasteiger partial charge in [-0.3, -0.25) is 9.89 Å². The van der Waals surface area contributed by atoms with Gasteiger partial charge in [0.05, 0.1) is 22.0 Å². The SMILES string of the molecule is Cc1ccc(C)n1-c1ccsc1-c1cc2nc(CSc3ccccc3)cc(=O)n2[nH]1. The number of rotatable bonds is 5. The molecule has 150 valence electrons. The summed E-state index contributed by atoms with van der Waals surface area (Å²) in [5.41, 5.74) is 5.69. The number of aryl methyl sites for hydroxylation is 2. The molecule has 1 aromatic carbocycles. The van der Waals surface area contributed by atoms with Gasteiger partial charge in [-0.1, -0.05) is 18.2 Å². The maximum absolute atomic E-state index is 12.7. The molecule has 4 heterocycles. The number of nitrogens with zero attached hydrogens (tertiary/aromatic N) is 3. The van der Waals surface area contributed by atoms with Gasteiger partial charge in [0.1, 0.15) is 0 Å². The van der Waals surface area contributed by atoms with Crippen molar-refractivity contribution in [3.63, 3.8) is 0 Å². The summed E-state index contributed by atoms with van der Waals surface area (Å²) in [6, 6.07) is 20.1. The Hall–Kier alpha value is -3.03. The molecular weight excluding hydrogens is 412 g/mol. The summed E-state index contributed by atoms with van der Waals surface area (Å²) < 4.78 is 3.75. The Morgan fingerprint density at radius 3 is 2.57 bits per heavy atom. The molecule has 0 atom stereocenters. The zero-order chi connectivity index (χ0) is 20.7. The van der Waals surface area contributed by atoms with Gasteiger partial charge in [-0.2, -0.15) is 0 Å². The third kappa shape index (κ3) is 3.40. The van der Waals surface area contributed by atoms with Crippen molar-refractivity contribution >= 4 is 28.7 Å². The number of thiophene rings is 1. The molecule has 4 aromatic heterocycles. The zero-order valence-corrected chi connectivity index (χ0v) is 18.3. The molecule has 5 rings (SSSR count). The third-order valence-corrected chi connectivity index (χ3v) is 7.02. The van der Waals surface area contributed by atoms with Crippen LogP contribution in [-0.4, -0.2) is 19.2 Å². The quantitative estimate of drug-likeness (QED) is 0.376. The molecule has 0 radical (unpaired) electrons. The van der Waals surface area contributed by atoms with E-state index in [9.17, 15) is 4.79 Å². The van der Waals surface area contributed by atoms with E-state index in [1.54, 1.807) is 29.2 Å². The van der Waals surface area contributed by atoms with Gasteiger partial charge < -0.3 is 4.57 Å². The van der Waals surface area contributed by atoms with Crippen LogP contribution in [0.1, 0.15) is 17.1 Å². The molecule has 0 amide bonds. The minimum absolute atomic E-state index is 0.0960. The average Bonchev–Trinajstić information content (AvgIpc) is 3.45. The van der Waals surface area contributed by atoms with Crippen LogP contribution in [0.2, 0.25) is 0 Å². The Morgan fingerprint density at radius 2 is 1.80 bits per heavy atom. The van der Waals surface area contributed by atoms with Gasteiger partial charge in [0.15, 0.2) is 5.65 Å². The van der Waals surface area contributed by atoms with Crippen LogP contribution in [-0.2, 0) is 5.75 Å². The molecule has 0 spiro atoms. The second-order valence-electron chi connectivity index (χ2n) is 7.14. The number of benzene rings is 1. The number of thioether (sulfide) groups is 1. The van der Waals surface area contributed by atoms with E-state index in [1.807, 2.05) is 24.3 Å². The molecule has 7 heteroatoms. The van der Waals surface area contributed by atoms with E-state index in [2.05, 4.69) is 59.2 Å². The van der Waals surface area contributed by atoms with E-state index in [4.69, 9.17) is 4.98 Å². The fourth-order valence-corrected chi connectivity index (χ4v) is 5.29. The second kappa shape index (κ2) is 7.66. The van der Waals surface area contributed by atoms with Crippen LogP contribution in [0.3, 0.4) is 0 Å². The fraction of sp³-hybridized carbons (Fsp3) is 0.130. The van der Waals surface area contributed by atoms with Crippen LogP contribution >= 0.6 is 23.1 Å². The number of hydrogen-bond donors (Lipinski definition) is 1. The van der Waals surface area contributed by atoms with Crippen LogP contribution in [0.5, 0.6) is 0 Å². The smallest absolute Gasteiger partial charge is 0.272 e.